The molecule has 0 aliphatic heterocycles. The third kappa shape index (κ3) is 5.68. The standard InChI is InChI=1S/C23H25N3O4S/c1-26(31(28,29)21-9-4-3-5-10-21)22(18-11-13-20(30-2)14-12-18)16-23(27)25-17-19-8-6-7-15-24-19/h3-15,22H,16-17H2,1-2H3,(H,25,27)/t22-/m1/s1. The van der Waals surface area contributed by atoms with E-state index in [0.29, 0.717) is 11.3 Å². The molecule has 7 nitrogen and oxygen atoms in total. The van der Waals surface area contributed by atoms with Crippen molar-refractivity contribution in [2.24, 2.45) is 0 Å². The van der Waals surface area contributed by atoms with Gasteiger partial charge in [-0.15, -0.1) is 0 Å². The zero-order valence-corrected chi connectivity index (χ0v) is 18.2. The van der Waals surface area contributed by atoms with E-state index in [1.54, 1.807) is 61.8 Å². The summed E-state index contributed by atoms with van der Waals surface area (Å²) in [4.78, 5) is 17.1. The molecule has 2 aromatic carbocycles. The fraction of sp³-hybridized carbons (Fsp3) is 0.217. The summed E-state index contributed by atoms with van der Waals surface area (Å²) in [6, 6.07) is 20.0. The summed E-state index contributed by atoms with van der Waals surface area (Å²) in [6.45, 7) is 0.268. The second-order valence-corrected chi connectivity index (χ2v) is 8.92. The lowest BCUT2D eigenvalue weighted by Gasteiger charge is -2.28. The third-order valence-electron chi connectivity index (χ3n) is 4.93. The molecule has 0 aliphatic carbocycles. The van der Waals surface area contributed by atoms with Crippen molar-refractivity contribution >= 4 is 15.9 Å². The number of ether oxygens (including phenoxy) is 1. The van der Waals surface area contributed by atoms with Gasteiger partial charge in [0, 0.05) is 19.7 Å². The molecule has 0 unspecified atom stereocenters. The Kier molecular flexibility index (Phi) is 7.38. The van der Waals surface area contributed by atoms with Gasteiger partial charge >= 0.3 is 0 Å². The molecule has 0 saturated heterocycles. The minimum Gasteiger partial charge on any atom is -0.497 e. The Balaban J connectivity index is 1.84. The quantitative estimate of drug-likeness (QED) is 0.553. The molecule has 0 aliphatic rings. The summed E-state index contributed by atoms with van der Waals surface area (Å²) in [7, 11) is -0.757. The van der Waals surface area contributed by atoms with Gasteiger partial charge in [-0.2, -0.15) is 4.31 Å². The number of nitrogens with zero attached hydrogens (tertiary/aromatic N) is 2. The van der Waals surface area contributed by atoms with Crippen LogP contribution in [-0.2, 0) is 21.4 Å². The summed E-state index contributed by atoms with van der Waals surface area (Å²) in [5.74, 6) is 0.372. The van der Waals surface area contributed by atoms with E-state index in [4.69, 9.17) is 4.74 Å². The van der Waals surface area contributed by atoms with Gasteiger partial charge in [0.2, 0.25) is 15.9 Å². The first-order valence-electron chi connectivity index (χ1n) is 9.75. The Bertz CT molecular complexity index is 1090. The van der Waals surface area contributed by atoms with E-state index in [1.165, 1.54) is 23.5 Å². The number of rotatable bonds is 9. The Labute approximate surface area is 182 Å². The van der Waals surface area contributed by atoms with Gasteiger partial charge in [0.05, 0.1) is 30.3 Å². The van der Waals surface area contributed by atoms with Crippen molar-refractivity contribution in [1.82, 2.24) is 14.6 Å². The topological polar surface area (TPSA) is 88.6 Å². The van der Waals surface area contributed by atoms with Crippen molar-refractivity contribution in [3.63, 3.8) is 0 Å². The molecule has 0 fully saturated rings. The fourth-order valence-corrected chi connectivity index (χ4v) is 4.51. The normalized spacial score (nSPS) is 12.4. The molecule has 3 rings (SSSR count). The van der Waals surface area contributed by atoms with Crippen molar-refractivity contribution in [1.29, 1.82) is 0 Å². The summed E-state index contributed by atoms with van der Waals surface area (Å²) in [5.41, 5.74) is 1.41. The van der Waals surface area contributed by atoms with Crippen molar-refractivity contribution < 1.29 is 17.9 Å². The van der Waals surface area contributed by atoms with Gasteiger partial charge in [0.15, 0.2) is 0 Å². The highest BCUT2D eigenvalue weighted by atomic mass is 32.2. The SMILES string of the molecule is COc1ccc([C@@H](CC(=O)NCc2ccccn2)N(C)S(=O)(=O)c2ccccc2)cc1. The van der Waals surface area contributed by atoms with E-state index < -0.39 is 16.1 Å². The second-order valence-electron chi connectivity index (χ2n) is 6.93. The number of aromatic nitrogens is 1. The van der Waals surface area contributed by atoms with Crippen LogP contribution < -0.4 is 10.1 Å². The number of methoxy groups -OCH3 is 1. The number of hydrogen-bond donors (Lipinski definition) is 1. The van der Waals surface area contributed by atoms with Gasteiger partial charge < -0.3 is 10.1 Å². The minimum absolute atomic E-state index is 0.0400. The van der Waals surface area contributed by atoms with Crippen LogP contribution in [0.4, 0.5) is 0 Å². The van der Waals surface area contributed by atoms with Crippen LogP contribution in [0.3, 0.4) is 0 Å². The van der Waals surface area contributed by atoms with Crippen molar-refractivity contribution in [2.75, 3.05) is 14.2 Å². The largest absolute Gasteiger partial charge is 0.497 e. The number of nitrogens with one attached hydrogen (secondary N) is 1. The number of carbonyl (C=O) groups is 1. The second kappa shape index (κ2) is 10.2. The van der Waals surface area contributed by atoms with Gasteiger partial charge in [-0.25, -0.2) is 8.42 Å². The smallest absolute Gasteiger partial charge is 0.243 e. The van der Waals surface area contributed by atoms with Gasteiger partial charge in [-0.3, -0.25) is 9.78 Å². The van der Waals surface area contributed by atoms with Crippen molar-refractivity contribution in [3.8, 4) is 5.75 Å². The van der Waals surface area contributed by atoms with Crippen LogP contribution in [0.2, 0.25) is 0 Å². The van der Waals surface area contributed by atoms with Crippen LogP contribution >= 0.6 is 0 Å². The Morgan fingerprint density at radius 1 is 1.03 bits per heavy atom. The fourth-order valence-electron chi connectivity index (χ4n) is 3.15. The molecule has 1 atom stereocenters. The van der Waals surface area contributed by atoms with E-state index in [0.717, 1.165) is 5.69 Å². The maximum atomic E-state index is 13.2. The summed E-state index contributed by atoms with van der Waals surface area (Å²) >= 11 is 0. The molecule has 0 spiro atoms. The highest BCUT2D eigenvalue weighted by molar-refractivity contribution is 7.89. The molecule has 162 valence electrons. The highest BCUT2D eigenvalue weighted by Gasteiger charge is 2.30. The molecule has 3 aromatic rings. The number of sulfonamides is 1. The molecule has 1 N–H and O–H groups in total. The van der Waals surface area contributed by atoms with Crippen molar-refractivity contribution in [3.05, 3.63) is 90.3 Å². The third-order valence-corrected chi connectivity index (χ3v) is 6.81. The maximum absolute atomic E-state index is 13.2. The first-order valence-corrected chi connectivity index (χ1v) is 11.2. The number of amides is 1. The molecule has 8 heteroatoms. The van der Waals surface area contributed by atoms with Crippen LogP contribution in [0.5, 0.6) is 5.75 Å². The molecule has 31 heavy (non-hydrogen) atoms. The molecule has 0 bridgehead atoms. The Morgan fingerprint density at radius 3 is 2.32 bits per heavy atom. The predicted octanol–water partition coefficient (Wildman–Crippen LogP) is 3.16. The van der Waals surface area contributed by atoms with E-state index in [2.05, 4.69) is 10.3 Å². The number of hydrogen-bond acceptors (Lipinski definition) is 5. The molecular weight excluding hydrogens is 414 g/mol. The average Bonchev–Trinajstić information content (AvgIpc) is 2.82. The molecule has 1 aromatic heterocycles. The predicted molar refractivity (Wildman–Crippen MR) is 118 cm³/mol. The molecule has 1 heterocycles. The van der Waals surface area contributed by atoms with E-state index in [1.807, 2.05) is 12.1 Å². The summed E-state index contributed by atoms with van der Waals surface area (Å²) < 4.78 is 32.8. The first-order chi connectivity index (χ1) is 14.9. The summed E-state index contributed by atoms with van der Waals surface area (Å²) in [5, 5.41) is 2.82. The zero-order chi connectivity index (χ0) is 22.3. The van der Waals surface area contributed by atoms with Gasteiger partial charge in [0.1, 0.15) is 5.75 Å². The molecular formula is C23H25N3O4S. The molecule has 0 radical (unpaired) electrons. The monoisotopic (exact) mass is 439 g/mol. The van der Waals surface area contributed by atoms with E-state index in [-0.39, 0.29) is 23.8 Å². The number of pyridine rings is 1. The summed E-state index contributed by atoms with van der Waals surface area (Å²) in [6.07, 6.45) is 1.61. The van der Waals surface area contributed by atoms with Gasteiger partial charge in [0.25, 0.3) is 0 Å². The zero-order valence-electron chi connectivity index (χ0n) is 17.4. The van der Waals surface area contributed by atoms with Crippen LogP contribution in [-0.4, -0.2) is 37.8 Å². The highest BCUT2D eigenvalue weighted by Crippen LogP contribution is 2.30. The van der Waals surface area contributed by atoms with Crippen LogP contribution in [0.1, 0.15) is 23.7 Å². The lowest BCUT2D eigenvalue weighted by molar-refractivity contribution is -0.122. The first kappa shape index (κ1) is 22.5. The minimum atomic E-state index is -3.81. The Hall–Kier alpha value is -3.23. The van der Waals surface area contributed by atoms with Crippen LogP contribution in [0, 0.1) is 0 Å². The lowest BCUT2D eigenvalue weighted by atomic mass is 10.0. The van der Waals surface area contributed by atoms with E-state index >= 15 is 0 Å². The number of benzene rings is 2. The van der Waals surface area contributed by atoms with Gasteiger partial charge in [-0.1, -0.05) is 36.4 Å². The lowest BCUT2D eigenvalue weighted by Crippen LogP contribution is -2.35. The average molecular weight is 440 g/mol. The van der Waals surface area contributed by atoms with E-state index in [9.17, 15) is 13.2 Å². The number of carbonyl (C=O) groups excluding carboxylic acids is 1. The van der Waals surface area contributed by atoms with Crippen LogP contribution in [0.15, 0.2) is 83.9 Å². The van der Waals surface area contributed by atoms with Gasteiger partial charge in [-0.05, 0) is 42.0 Å². The molecule has 1 amide bonds. The molecule has 0 saturated carbocycles. The van der Waals surface area contributed by atoms with Crippen LogP contribution in [0.25, 0.3) is 0 Å². The Morgan fingerprint density at radius 2 is 1.71 bits per heavy atom. The maximum Gasteiger partial charge on any atom is 0.243 e. The van der Waals surface area contributed by atoms with Crippen molar-refractivity contribution in [2.45, 2.75) is 23.9 Å².